The Morgan fingerprint density at radius 3 is 2.78 bits per heavy atom. The Hall–Kier alpha value is -2.40. The van der Waals surface area contributed by atoms with Crippen LogP contribution in [-0.4, -0.2) is 14.5 Å². The van der Waals surface area contributed by atoms with Gasteiger partial charge in [0.25, 0.3) is 5.56 Å². The number of fused-ring (bicyclic) bond motifs is 1. The highest BCUT2D eigenvalue weighted by atomic mass is 32.2. The van der Waals surface area contributed by atoms with Gasteiger partial charge in [-0.05, 0) is 56.4 Å². The zero-order valence-electron chi connectivity index (χ0n) is 15.3. The van der Waals surface area contributed by atoms with E-state index in [1.807, 2.05) is 47.0 Å². The van der Waals surface area contributed by atoms with Crippen molar-refractivity contribution in [2.45, 2.75) is 49.6 Å². The topological polar surface area (TPSA) is 47.8 Å². The SMILES string of the molecule is O=c1c2ccccc2nc(SCc2ccccn2)n1CCC1=CCCCC1. The smallest absolute Gasteiger partial charge is 0.262 e. The lowest BCUT2D eigenvalue weighted by molar-refractivity contribution is 0.569. The Morgan fingerprint density at radius 1 is 1.07 bits per heavy atom. The van der Waals surface area contributed by atoms with Crippen LogP contribution in [0.1, 0.15) is 37.8 Å². The van der Waals surface area contributed by atoms with Gasteiger partial charge in [-0.1, -0.05) is 41.6 Å². The summed E-state index contributed by atoms with van der Waals surface area (Å²) in [5.41, 5.74) is 3.29. The van der Waals surface area contributed by atoms with Gasteiger partial charge in [-0.15, -0.1) is 0 Å². The fourth-order valence-electron chi connectivity index (χ4n) is 3.46. The molecule has 4 rings (SSSR count). The van der Waals surface area contributed by atoms with Crippen molar-refractivity contribution >= 4 is 22.7 Å². The number of rotatable bonds is 6. The second kappa shape index (κ2) is 8.53. The molecule has 0 N–H and O–H groups in total. The van der Waals surface area contributed by atoms with Crippen LogP contribution in [0.5, 0.6) is 0 Å². The van der Waals surface area contributed by atoms with Gasteiger partial charge in [-0.25, -0.2) is 4.98 Å². The summed E-state index contributed by atoms with van der Waals surface area (Å²) in [5.74, 6) is 0.703. The molecule has 0 unspecified atom stereocenters. The molecule has 0 fully saturated rings. The normalized spacial score (nSPS) is 14.3. The molecule has 1 aliphatic rings. The van der Waals surface area contributed by atoms with Crippen LogP contribution in [0.2, 0.25) is 0 Å². The number of thioether (sulfide) groups is 1. The first-order chi connectivity index (χ1) is 13.3. The van der Waals surface area contributed by atoms with Gasteiger partial charge in [-0.2, -0.15) is 0 Å². The van der Waals surface area contributed by atoms with E-state index in [1.165, 1.54) is 24.8 Å². The third-order valence-electron chi connectivity index (χ3n) is 4.94. The summed E-state index contributed by atoms with van der Waals surface area (Å²) in [5, 5.41) is 1.47. The molecule has 27 heavy (non-hydrogen) atoms. The lowest BCUT2D eigenvalue weighted by Gasteiger charge is -2.16. The third-order valence-corrected chi connectivity index (χ3v) is 5.95. The molecular formula is C22H23N3OS. The van der Waals surface area contributed by atoms with Crippen LogP contribution in [0.15, 0.2) is 70.3 Å². The molecule has 3 aromatic rings. The molecule has 2 aromatic heterocycles. The summed E-state index contributed by atoms with van der Waals surface area (Å²) in [4.78, 5) is 22.3. The Labute approximate surface area is 163 Å². The molecule has 0 atom stereocenters. The summed E-state index contributed by atoms with van der Waals surface area (Å²) >= 11 is 1.59. The van der Waals surface area contributed by atoms with Gasteiger partial charge < -0.3 is 0 Å². The molecule has 0 saturated heterocycles. The van der Waals surface area contributed by atoms with E-state index in [9.17, 15) is 4.79 Å². The molecule has 0 radical (unpaired) electrons. The molecule has 5 heteroatoms. The highest BCUT2D eigenvalue weighted by Gasteiger charge is 2.13. The van der Waals surface area contributed by atoms with Gasteiger partial charge in [0.2, 0.25) is 0 Å². The number of aromatic nitrogens is 3. The third kappa shape index (κ3) is 4.30. The van der Waals surface area contributed by atoms with Crippen LogP contribution in [0.3, 0.4) is 0 Å². The van der Waals surface area contributed by atoms with Crippen molar-refractivity contribution in [2.24, 2.45) is 0 Å². The van der Waals surface area contributed by atoms with Gasteiger partial charge in [0.1, 0.15) is 0 Å². The lowest BCUT2D eigenvalue weighted by atomic mass is 9.97. The van der Waals surface area contributed by atoms with Gasteiger partial charge in [0, 0.05) is 18.5 Å². The highest BCUT2D eigenvalue weighted by molar-refractivity contribution is 7.98. The Balaban J connectivity index is 1.64. The van der Waals surface area contributed by atoms with Crippen LogP contribution in [0.4, 0.5) is 0 Å². The van der Waals surface area contributed by atoms with Crippen molar-refractivity contribution in [3.8, 4) is 0 Å². The molecule has 0 aliphatic heterocycles. The van der Waals surface area contributed by atoms with Crippen LogP contribution in [-0.2, 0) is 12.3 Å². The maximum absolute atomic E-state index is 13.1. The van der Waals surface area contributed by atoms with E-state index in [0.29, 0.717) is 17.7 Å². The molecule has 0 amide bonds. The minimum Gasteiger partial charge on any atom is -0.287 e. The lowest BCUT2D eigenvalue weighted by Crippen LogP contribution is -2.24. The average Bonchev–Trinajstić information content (AvgIpc) is 2.73. The second-order valence-corrected chi connectivity index (χ2v) is 7.78. The molecule has 0 bridgehead atoms. The van der Waals surface area contributed by atoms with Crippen molar-refractivity contribution in [3.05, 3.63) is 76.4 Å². The number of benzene rings is 1. The number of nitrogens with zero attached hydrogens (tertiary/aromatic N) is 3. The monoisotopic (exact) mass is 377 g/mol. The molecule has 1 aliphatic carbocycles. The largest absolute Gasteiger partial charge is 0.287 e. The standard InChI is InChI=1S/C22H23N3OS/c26-21-19-11-4-5-12-20(19)24-22(27-16-18-10-6-7-14-23-18)25(21)15-13-17-8-2-1-3-9-17/h4-8,10-12,14H,1-3,9,13,15-16H2. The van der Waals surface area contributed by atoms with Gasteiger partial charge in [0.05, 0.1) is 16.6 Å². The summed E-state index contributed by atoms with van der Waals surface area (Å²) in [6.45, 7) is 0.688. The first kappa shape index (κ1) is 18.0. The van der Waals surface area contributed by atoms with E-state index in [1.54, 1.807) is 18.0 Å². The molecule has 138 valence electrons. The van der Waals surface area contributed by atoms with E-state index >= 15 is 0 Å². The maximum atomic E-state index is 13.1. The van der Waals surface area contributed by atoms with E-state index in [4.69, 9.17) is 4.98 Å². The quantitative estimate of drug-likeness (QED) is 0.345. The van der Waals surface area contributed by atoms with E-state index in [2.05, 4.69) is 11.1 Å². The number of pyridine rings is 1. The Kier molecular flexibility index (Phi) is 5.68. The number of hydrogen-bond acceptors (Lipinski definition) is 4. The first-order valence-corrected chi connectivity index (χ1v) is 10.5. The first-order valence-electron chi connectivity index (χ1n) is 9.51. The fourth-order valence-corrected chi connectivity index (χ4v) is 4.40. The summed E-state index contributed by atoms with van der Waals surface area (Å²) in [6, 6.07) is 13.5. The minimum atomic E-state index is 0.0560. The summed E-state index contributed by atoms with van der Waals surface area (Å²) < 4.78 is 1.85. The zero-order valence-corrected chi connectivity index (χ0v) is 16.1. The van der Waals surface area contributed by atoms with Crippen molar-refractivity contribution in [2.75, 3.05) is 0 Å². The predicted molar refractivity (Wildman–Crippen MR) is 111 cm³/mol. The van der Waals surface area contributed by atoms with E-state index in [-0.39, 0.29) is 5.56 Å². The zero-order chi connectivity index (χ0) is 18.5. The number of hydrogen-bond donors (Lipinski definition) is 0. The van der Waals surface area contributed by atoms with E-state index in [0.717, 1.165) is 29.2 Å². The average molecular weight is 378 g/mol. The molecule has 0 saturated carbocycles. The van der Waals surface area contributed by atoms with Crippen LogP contribution < -0.4 is 5.56 Å². The number of allylic oxidation sites excluding steroid dienone is 2. The van der Waals surface area contributed by atoms with Gasteiger partial charge in [-0.3, -0.25) is 14.3 Å². The van der Waals surface area contributed by atoms with E-state index < -0.39 is 0 Å². The number of para-hydroxylation sites is 1. The minimum absolute atomic E-state index is 0.0560. The molecule has 0 spiro atoms. The fraction of sp³-hybridized carbons (Fsp3) is 0.318. The predicted octanol–water partition coefficient (Wildman–Crippen LogP) is 4.97. The molecule has 4 nitrogen and oxygen atoms in total. The highest BCUT2D eigenvalue weighted by Crippen LogP contribution is 2.24. The van der Waals surface area contributed by atoms with Gasteiger partial charge >= 0.3 is 0 Å². The van der Waals surface area contributed by atoms with Crippen molar-refractivity contribution < 1.29 is 0 Å². The summed E-state index contributed by atoms with van der Waals surface area (Å²) in [7, 11) is 0. The van der Waals surface area contributed by atoms with Gasteiger partial charge in [0.15, 0.2) is 5.16 Å². The van der Waals surface area contributed by atoms with Crippen molar-refractivity contribution in [3.63, 3.8) is 0 Å². The second-order valence-electron chi connectivity index (χ2n) is 6.84. The molecule has 1 aromatic carbocycles. The van der Waals surface area contributed by atoms with Crippen molar-refractivity contribution in [1.29, 1.82) is 0 Å². The van der Waals surface area contributed by atoms with Crippen LogP contribution >= 0.6 is 11.8 Å². The Bertz CT molecular complexity index is 1010. The van der Waals surface area contributed by atoms with Crippen molar-refractivity contribution in [1.82, 2.24) is 14.5 Å². The van der Waals surface area contributed by atoms with Crippen LogP contribution in [0, 0.1) is 0 Å². The molecule has 2 heterocycles. The Morgan fingerprint density at radius 2 is 1.96 bits per heavy atom. The van der Waals surface area contributed by atoms with Crippen LogP contribution in [0.25, 0.3) is 10.9 Å². The maximum Gasteiger partial charge on any atom is 0.262 e. The molecular weight excluding hydrogens is 354 g/mol. The summed E-state index contributed by atoms with van der Waals surface area (Å²) in [6.07, 6.45) is 9.95.